The van der Waals surface area contributed by atoms with Crippen LogP contribution in [0.5, 0.6) is 0 Å². The lowest BCUT2D eigenvalue weighted by Crippen LogP contribution is -2.18. The minimum atomic E-state index is -0.402. The number of nitrogens with zero attached hydrogens (tertiary/aromatic N) is 2. The van der Waals surface area contributed by atoms with Crippen molar-refractivity contribution < 1.29 is 9.18 Å². The van der Waals surface area contributed by atoms with Gasteiger partial charge in [0.2, 0.25) is 0 Å². The highest BCUT2D eigenvalue weighted by Crippen LogP contribution is 2.26. The number of carbonyl (C=O) groups is 1. The molecule has 0 aliphatic heterocycles. The summed E-state index contributed by atoms with van der Waals surface area (Å²) in [6.07, 6.45) is 1.61. The molecule has 1 amide bonds. The molecule has 0 fully saturated rings. The first-order valence-electron chi connectivity index (χ1n) is 8.44. The minimum absolute atomic E-state index is 0.276. The first kappa shape index (κ1) is 17.6. The Labute approximate surface area is 152 Å². The number of amides is 1. The van der Waals surface area contributed by atoms with E-state index in [0.717, 1.165) is 17.9 Å². The summed E-state index contributed by atoms with van der Waals surface area (Å²) in [6, 6.07) is 17.6. The van der Waals surface area contributed by atoms with Crippen LogP contribution in [-0.2, 0) is 0 Å². The average molecular weight is 349 g/mol. The van der Waals surface area contributed by atoms with E-state index in [0.29, 0.717) is 5.69 Å². The molecule has 132 valence electrons. The zero-order chi connectivity index (χ0) is 18.5. The largest absolute Gasteiger partial charge is 0.342 e. The predicted octanol–water partition coefficient (Wildman–Crippen LogP) is 4.94. The molecule has 3 aromatic rings. The van der Waals surface area contributed by atoms with E-state index in [1.165, 1.54) is 17.7 Å². The zero-order valence-corrected chi connectivity index (χ0v) is 14.7. The van der Waals surface area contributed by atoms with Crippen molar-refractivity contribution in [2.75, 3.05) is 16.8 Å². The quantitative estimate of drug-likeness (QED) is 0.710. The molecule has 1 aromatic heterocycles. The van der Waals surface area contributed by atoms with Crippen molar-refractivity contribution in [1.82, 2.24) is 4.98 Å². The maximum atomic E-state index is 13.3. The van der Waals surface area contributed by atoms with Crippen LogP contribution in [0.2, 0.25) is 0 Å². The van der Waals surface area contributed by atoms with Gasteiger partial charge >= 0.3 is 0 Å². The van der Waals surface area contributed by atoms with Gasteiger partial charge in [-0.1, -0.05) is 18.2 Å². The fourth-order valence-corrected chi connectivity index (χ4v) is 2.78. The molecule has 1 heterocycles. The lowest BCUT2D eigenvalue weighted by molar-refractivity contribution is 0.102. The maximum Gasteiger partial charge on any atom is 0.274 e. The second-order valence-electron chi connectivity index (χ2n) is 5.95. The van der Waals surface area contributed by atoms with Crippen LogP contribution in [0.4, 0.5) is 21.5 Å². The Balaban J connectivity index is 1.86. The molecule has 26 heavy (non-hydrogen) atoms. The number of aromatic nitrogens is 1. The van der Waals surface area contributed by atoms with Crippen molar-refractivity contribution in [1.29, 1.82) is 0 Å². The third-order valence-corrected chi connectivity index (χ3v) is 4.00. The lowest BCUT2D eigenvalue weighted by atomic mass is 10.2. The van der Waals surface area contributed by atoms with E-state index < -0.39 is 5.82 Å². The molecule has 4 nitrogen and oxygen atoms in total. The molecule has 0 bridgehead atoms. The number of benzene rings is 2. The van der Waals surface area contributed by atoms with Gasteiger partial charge in [-0.15, -0.1) is 0 Å². The van der Waals surface area contributed by atoms with Crippen LogP contribution >= 0.6 is 0 Å². The van der Waals surface area contributed by atoms with Gasteiger partial charge in [-0.25, -0.2) is 4.39 Å². The SMILES string of the molecule is CCN(c1cccc(C)c1)c1ccnc(C(=O)Nc2cccc(F)c2)c1. The molecule has 0 aliphatic rings. The van der Waals surface area contributed by atoms with E-state index in [-0.39, 0.29) is 11.6 Å². The Kier molecular flexibility index (Phi) is 5.27. The second kappa shape index (κ2) is 7.78. The van der Waals surface area contributed by atoms with E-state index in [1.807, 2.05) is 31.2 Å². The monoisotopic (exact) mass is 349 g/mol. The van der Waals surface area contributed by atoms with Crippen LogP contribution in [0.3, 0.4) is 0 Å². The van der Waals surface area contributed by atoms with Gasteiger partial charge in [0.25, 0.3) is 5.91 Å². The van der Waals surface area contributed by atoms with Gasteiger partial charge in [-0.2, -0.15) is 0 Å². The summed E-state index contributed by atoms with van der Waals surface area (Å²) in [5.41, 5.74) is 3.76. The molecule has 5 heteroatoms. The Bertz CT molecular complexity index is 926. The highest BCUT2D eigenvalue weighted by Gasteiger charge is 2.13. The highest BCUT2D eigenvalue weighted by molar-refractivity contribution is 6.03. The van der Waals surface area contributed by atoms with Crippen molar-refractivity contribution in [2.24, 2.45) is 0 Å². The number of nitrogens with one attached hydrogen (secondary N) is 1. The standard InChI is InChI=1S/C21H20FN3O/c1-3-25(18-9-4-6-15(2)12-18)19-10-11-23-20(14-19)21(26)24-17-8-5-7-16(22)13-17/h4-14H,3H2,1-2H3,(H,24,26). The van der Waals surface area contributed by atoms with Gasteiger partial charge < -0.3 is 10.2 Å². The second-order valence-corrected chi connectivity index (χ2v) is 5.95. The number of hydrogen-bond donors (Lipinski definition) is 1. The molecule has 0 radical (unpaired) electrons. The summed E-state index contributed by atoms with van der Waals surface area (Å²) >= 11 is 0. The molecular formula is C21H20FN3O. The summed E-state index contributed by atoms with van der Waals surface area (Å²) in [4.78, 5) is 18.7. The number of rotatable bonds is 5. The van der Waals surface area contributed by atoms with Crippen molar-refractivity contribution in [2.45, 2.75) is 13.8 Å². The zero-order valence-electron chi connectivity index (χ0n) is 14.7. The van der Waals surface area contributed by atoms with Gasteiger partial charge in [0.05, 0.1) is 0 Å². The first-order valence-corrected chi connectivity index (χ1v) is 8.44. The molecule has 3 rings (SSSR count). The molecule has 0 saturated heterocycles. The topological polar surface area (TPSA) is 45.2 Å². The Morgan fingerprint density at radius 2 is 1.85 bits per heavy atom. The number of aryl methyl sites for hydroxylation is 1. The van der Waals surface area contributed by atoms with E-state index in [9.17, 15) is 9.18 Å². The van der Waals surface area contributed by atoms with Gasteiger partial charge in [0, 0.05) is 29.8 Å². The number of pyridine rings is 1. The summed E-state index contributed by atoms with van der Waals surface area (Å²) in [5.74, 6) is -0.779. The normalized spacial score (nSPS) is 10.4. The lowest BCUT2D eigenvalue weighted by Gasteiger charge is -2.24. The minimum Gasteiger partial charge on any atom is -0.342 e. The fourth-order valence-electron chi connectivity index (χ4n) is 2.78. The Morgan fingerprint density at radius 3 is 2.58 bits per heavy atom. The molecule has 0 aliphatic carbocycles. The van der Waals surface area contributed by atoms with Crippen molar-refractivity contribution in [3.63, 3.8) is 0 Å². The smallest absolute Gasteiger partial charge is 0.274 e. The molecule has 1 N–H and O–H groups in total. The number of halogens is 1. The van der Waals surface area contributed by atoms with Gasteiger partial charge in [0.15, 0.2) is 0 Å². The van der Waals surface area contributed by atoms with Crippen LogP contribution < -0.4 is 10.2 Å². The van der Waals surface area contributed by atoms with E-state index >= 15 is 0 Å². The highest BCUT2D eigenvalue weighted by atomic mass is 19.1. The predicted molar refractivity (Wildman–Crippen MR) is 102 cm³/mol. The third-order valence-electron chi connectivity index (χ3n) is 4.00. The van der Waals surface area contributed by atoms with Crippen LogP contribution in [0.25, 0.3) is 0 Å². The van der Waals surface area contributed by atoms with Gasteiger partial charge in [0.1, 0.15) is 11.5 Å². The molecule has 0 unspecified atom stereocenters. The van der Waals surface area contributed by atoms with Crippen LogP contribution in [-0.4, -0.2) is 17.4 Å². The van der Waals surface area contributed by atoms with Crippen LogP contribution in [0.15, 0.2) is 66.9 Å². The van der Waals surface area contributed by atoms with E-state index in [2.05, 4.69) is 28.2 Å². The third kappa shape index (κ3) is 4.06. The summed E-state index contributed by atoms with van der Waals surface area (Å²) in [6.45, 7) is 4.84. The molecule has 2 aromatic carbocycles. The van der Waals surface area contributed by atoms with Crippen LogP contribution in [0.1, 0.15) is 23.0 Å². The van der Waals surface area contributed by atoms with Crippen molar-refractivity contribution in [3.05, 3.63) is 83.9 Å². The summed E-state index contributed by atoms with van der Waals surface area (Å²) < 4.78 is 13.3. The summed E-state index contributed by atoms with van der Waals surface area (Å²) in [5, 5.41) is 2.67. The molecule has 0 atom stereocenters. The maximum absolute atomic E-state index is 13.3. The van der Waals surface area contributed by atoms with Gasteiger partial charge in [-0.3, -0.25) is 9.78 Å². The Hall–Kier alpha value is -3.21. The molecular weight excluding hydrogens is 329 g/mol. The van der Waals surface area contributed by atoms with Gasteiger partial charge in [-0.05, 0) is 61.9 Å². The molecule has 0 saturated carbocycles. The van der Waals surface area contributed by atoms with Crippen LogP contribution in [0, 0.1) is 12.7 Å². The number of hydrogen-bond acceptors (Lipinski definition) is 3. The number of anilines is 3. The van der Waals surface area contributed by atoms with E-state index in [4.69, 9.17) is 0 Å². The fraction of sp³-hybridized carbons (Fsp3) is 0.143. The number of carbonyl (C=O) groups excluding carboxylic acids is 1. The summed E-state index contributed by atoms with van der Waals surface area (Å²) in [7, 11) is 0. The van der Waals surface area contributed by atoms with Crippen molar-refractivity contribution >= 4 is 23.0 Å². The van der Waals surface area contributed by atoms with E-state index in [1.54, 1.807) is 24.4 Å². The first-order chi connectivity index (χ1) is 12.6. The Morgan fingerprint density at radius 1 is 1.08 bits per heavy atom. The van der Waals surface area contributed by atoms with Crippen molar-refractivity contribution in [3.8, 4) is 0 Å². The molecule has 0 spiro atoms. The average Bonchev–Trinajstić information content (AvgIpc) is 2.63.